The molecule has 9 heteroatoms. The minimum absolute atomic E-state index is 0.0187. The summed E-state index contributed by atoms with van der Waals surface area (Å²) in [6.45, 7) is 0. The number of thioether (sulfide) groups is 1. The van der Waals surface area contributed by atoms with Gasteiger partial charge in [0.15, 0.2) is 6.10 Å². The summed E-state index contributed by atoms with van der Waals surface area (Å²) in [6, 6.07) is 6.74. The number of benzene rings is 2. The van der Waals surface area contributed by atoms with Gasteiger partial charge in [-0.05, 0) is 36.0 Å². The molecule has 1 unspecified atom stereocenters. The Morgan fingerprint density at radius 1 is 1.24 bits per heavy atom. The Morgan fingerprint density at radius 3 is 2.60 bits per heavy atom. The fraction of sp³-hybridized carbons (Fsp3) is 0.188. The van der Waals surface area contributed by atoms with Crippen molar-refractivity contribution in [3.63, 3.8) is 0 Å². The zero-order valence-corrected chi connectivity index (χ0v) is 13.0. The number of aliphatic hydroxyl groups is 1. The molecule has 130 valence electrons. The number of hydrogen-bond acceptors (Lipinski definition) is 4. The predicted octanol–water partition coefficient (Wildman–Crippen LogP) is 5.16. The minimum Gasteiger partial charge on any atom is -0.457 e. The normalized spacial score (nSPS) is 18.1. The standard InChI is InChI=1S/C16H8F5NO2S/c17-8-3-7(6-22)4-9(5-8)24-10-1-2-11-13(12(10)15(18)19)14(23)16(20,21)25-11/h1-5,14-15,23H. The van der Waals surface area contributed by atoms with Gasteiger partial charge in [-0.25, -0.2) is 13.2 Å². The maximum absolute atomic E-state index is 13.6. The maximum atomic E-state index is 13.6. The Morgan fingerprint density at radius 2 is 1.96 bits per heavy atom. The van der Waals surface area contributed by atoms with Crippen molar-refractivity contribution < 1.29 is 31.8 Å². The summed E-state index contributed by atoms with van der Waals surface area (Å²) in [5, 5.41) is 14.9. The van der Waals surface area contributed by atoms with Gasteiger partial charge in [-0.15, -0.1) is 0 Å². The maximum Gasteiger partial charge on any atom is 0.327 e. The fourth-order valence-electron chi connectivity index (χ4n) is 2.47. The van der Waals surface area contributed by atoms with Crippen LogP contribution in [0.2, 0.25) is 0 Å². The average molecular weight is 373 g/mol. The molecule has 0 bridgehead atoms. The van der Waals surface area contributed by atoms with Crippen molar-refractivity contribution in [2.24, 2.45) is 0 Å². The van der Waals surface area contributed by atoms with Crippen molar-refractivity contribution in [1.29, 1.82) is 5.26 Å². The Labute approximate surface area is 142 Å². The lowest BCUT2D eigenvalue weighted by Crippen LogP contribution is -2.17. The van der Waals surface area contributed by atoms with E-state index in [1.165, 1.54) is 0 Å². The largest absolute Gasteiger partial charge is 0.457 e. The molecule has 3 rings (SSSR count). The molecule has 1 aliphatic rings. The van der Waals surface area contributed by atoms with Gasteiger partial charge in [-0.2, -0.15) is 14.0 Å². The van der Waals surface area contributed by atoms with Gasteiger partial charge in [0.05, 0.1) is 17.2 Å². The Bertz CT molecular complexity index is 882. The van der Waals surface area contributed by atoms with E-state index in [0.29, 0.717) is 0 Å². The first-order valence-corrected chi connectivity index (χ1v) is 7.63. The molecule has 0 amide bonds. The van der Waals surface area contributed by atoms with E-state index in [1.54, 1.807) is 6.07 Å². The number of fused-ring (bicyclic) bond motifs is 1. The quantitative estimate of drug-likeness (QED) is 0.755. The first-order chi connectivity index (χ1) is 11.7. The van der Waals surface area contributed by atoms with Gasteiger partial charge >= 0.3 is 5.25 Å². The highest BCUT2D eigenvalue weighted by Crippen LogP contribution is 2.57. The highest BCUT2D eigenvalue weighted by Gasteiger charge is 2.50. The predicted molar refractivity (Wildman–Crippen MR) is 78.4 cm³/mol. The molecule has 0 saturated heterocycles. The molecule has 25 heavy (non-hydrogen) atoms. The molecular formula is C16H8F5NO2S. The Hall–Kier alpha value is -2.31. The summed E-state index contributed by atoms with van der Waals surface area (Å²) < 4.78 is 72.8. The second-order valence-electron chi connectivity index (χ2n) is 5.15. The van der Waals surface area contributed by atoms with Crippen LogP contribution in [0.4, 0.5) is 22.0 Å². The molecule has 0 spiro atoms. The lowest BCUT2D eigenvalue weighted by atomic mass is 10.0. The Balaban J connectivity index is 2.09. The highest BCUT2D eigenvalue weighted by atomic mass is 32.2. The third-order valence-electron chi connectivity index (χ3n) is 3.49. The average Bonchev–Trinajstić information content (AvgIpc) is 2.76. The van der Waals surface area contributed by atoms with Gasteiger partial charge in [0.2, 0.25) is 0 Å². The van der Waals surface area contributed by atoms with Crippen LogP contribution in [0, 0.1) is 17.1 Å². The lowest BCUT2D eigenvalue weighted by Gasteiger charge is -2.17. The third-order valence-corrected chi connectivity index (χ3v) is 4.56. The number of nitrogens with zero attached hydrogens (tertiary/aromatic N) is 1. The van der Waals surface area contributed by atoms with Crippen molar-refractivity contribution in [2.75, 3.05) is 0 Å². The molecule has 1 heterocycles. The summed E-state index contributed by atoms with van der Waals surface area (Å²) in [7, 11) is 0. The Kier molecular flexibility index (Phi) is 4.34. The van der Waals surface area contributed by atoms with Gasteiger partial charge in [0.1, 0.15) is 17.3 Å². The van der Waals surface area contributed by atoms with Crippen molar-refractivity contribution in [1.82, 2.24) is 0 Å². The number of hydrogen-bond donors (Lipinski definition) is 1. The molecule has 2 aromatic rings. The molecule has 1 N–H and O–H groups in total. The summed E-state index contributed by atoms with van der Waals surface area (Å²) >= 11 is -0.0187. The van der Waals surface area contributed by atoms with Crippen LogP contribution in [-0.4, -0.2) is 10.4 Å². The molecule has 0 saturated carbocycles. The summed E-state index contributed by atoms with van der Waals surface area (Å²) in [4.78, 5) is -0.183. The van der Waals surface area contributed by atoms with Gasteiger partial charge in [0, 0.05) is 16.5 Å². The molecule has 1 atom stereocenters. The SMILES string of the molecule is N#Cc1cc(F)cc(Oc2ccc3c(c2C(F)F)C(O)C(F)(F)S3)c1. The third kappa shape index (κ3) is 3.15. The van der Waals surface area contributed by atoms with Crippen molar-refractivity contribution in [3.05, 3.63) is 52.8 Å². The number of ether oxygens (including phenoxy) is 1. The number of aliphatic hydroxyl groups excluding tert-OH is 1. The summed E-state index contributed by atoms with van der Waals surface area (Å²) in [5.41, 5.74) is -1.60. The first kappa shape index (κ1) is 17.5. The van der Waals surface area contributed by atoms with Crippen LogP contribution in [0.5, 0.6) is 11.5 Å². The van der Waals surface area contributed by atoms with E-state index in [1.807, 2.05) is 0 Å². The van der Waals surface area contributed by atoms with Gasteiger partial charge in [-0.3, -0.25) is 0 Å². The molecule has 0 aromatic heterocycles. The monoisotopic (exact) mass is 373 g/mol. The van der Waals surface area contributed by atoms with E-state index in [4.69, 9.17) is 10.00 Å². The van der Waals surface area contributed by atoms with E-state index >= 15 is 0 Å². The van der Waals surface area contributed by atoms with Crippen LogP contribution >= 0.6 is 11.8 Å². The van der Waals surface area contributed by atoms with E-state index in [0.717, 1.165) is 30.3 Å². The first-order valence-electron chi connectivity index (χ1n) is 6.81. The highest BCUT2D eigenvalue weighted by molar-refractivity contribution is 8.00. The molecule has 1 aliphatic heterocycles. The van der Waals surface area contributed by atoms with Crippen LogP contribution < -0.4 is 4.74 Å². The minimum atomic E-state index is -3.64. The molecule has 0 radical (unpaired) electrons. The van der Waals surface area contributed by atoms with Gasteiger partial charge < -0.3 is 9.84 Å². The number of halogens is 5. The van der Waals surface area contributed by atoms with Crippen LogP contribution in [-0.2, 0) is 0 Å². The fourth-order valence-corrected chi connectivity index (χ4v) is 3.46. The van der Waals surface area contributed by atoms with Crippen molar-refractivity contribution >= 4 is 11.8 Å². The summed E-state index contributed by atoms with van der Waals surface area (Å²) in [6.07, 6.45) is -5.62. The molecular weight excluding hydrogens is 365 g/mol. The van der Waals surface area contributed by atoms with E-state index in [9.17, 15) is 27.1 Å². The zero-order valence-electron chi connectivity index (χ0n) is 12.1. The van der Waals surface area contributed by atoms with Gasteiger partial charge in [-0.1, -0.05) is 0 Å². The molecule has 0 fully saturated rings. The van der Waals surface area contributed by atoms with E-state index < -0.39 is 40.5 Å². The number of nitriles is 1. The topological polar surface area (TPSA) is 53.2 Å². The van der Waals surface area contributed by atoms with Crippen molar-refractivity contribution in [2.45, 2.75) is 22.7 Å². The molecule has 0 aliphatic carbocycles. The van der Waals surface area contributed by atoms with Gasteiger partial charge in [0.25, 0.3) is 6.43 Å². The smallest absolute Gasteiger partial charge is 0.327 e. The van der Waals surface area contributed by atoms with Crippen LogP contribution in [0.1, 0.15) is 29.2 Å². The number of alkyl halides is 4. The second kappa shape index (κ2) is 6.20. The number of rotatable bonds is 3. The lowest BCUT2D eigenvalue weighted by molar-refractivity contribution is -0.0327. The van der Waals surface area contributed by atoms with Crippen molar-refractivity contribution in [3.8, 4) is 17.6 Å². The zero-order chi connectivity index (χ0) is 18.4. The molecule has 2 aromatic carbocycles. The van der Waals surface area contributed by atoms with Crippen LogP contribution in [0.3, 0.4) is 0 Å². The van der Waals surface area contributed by atoms with Crippen LogP contribution in [0.15, 0.2) is 35.2 Å². The van der Waals surface area contributed by atoms with E-state index in [2.05, 4.69) is 0 Å². The van der Waals surface area contributed by atoms with Crippen LogP contribution in [0.25, 0.3) is 0 Å². The summed E-state index contributed by atoms with van der Waals surface area (Å²) in [5.74, 6) is -1.57. The van der Waals surface area contributed by atoms with E-state index in [-0.39, 0.29) is 28.0 Å². The molecule has 3 nitrogen and oxygen atoms in total. The second-order valence-corrected chi connectivity index (χ2v) is 6.33.